The van der Waals surface area contributed by atoms with Gasteiger partial charge in [-0.1, -0.05) is 60.7 Å². The summed E-state index contributed by atoms with van der Waals surface area (Å²) < 4.78 is 1.42. The molecular weight excluding hydrogens is 404 g/mol. The Morgan fingerprint density at radius 1 is 0.682 bits per heavy atom. The van der Waals surface area contributed by atoms with E-state index in [4.69, 9.17) is 0 Å². The van der Waals surface area contributed by atoms with Crippen molar-refractivity contribution in [2.24, 2.45) is 0 Å². The molecule has 0 bridgehead atoms. The van der Waals surface area contributed by atoms with Crippen molar-refractivity contribution in [3.05, 3.63) is 75.2 Å². The van der Waals surface area contributed by atoms with E-state index in [9.17, 15) is 5.11 Å². The lowest BCUT2D eigenvalue weighted by Crippen LogP contribution is -1.93. The van der Waals surface area contributed by atoms with E-state index in [0.717, 1.165) is 27.8 Å². The number of hydrogen-bond donors (Lipinski definition) is 1. The summed E-state index contributed by atoms with van der Waals surface area (Å²) in [5.41, 5.74) is 5.30. The molecule has 0 aliphatic heterocycles. The van der Waals surface area contributed by atoms with Crippen LogP contribution in [-0.4, -0.2) is 5.11 Å². The number of halogens is 2. The average Bonchev–Trinajstić information content (AvgIpc) is 2.55. The van der Waals surface area contributed by atoms with Crippen LogP contribution >= 0.6 is 31.9 Å². The smallest absolute Gasteiger partial charge is 0.145 e. The molecule has 0 aliphatic rings. The Balaban J connectivity index is 2.36. The molecular formula is C19H14Br2O. The van der Waals surface area contributed by atoms with Crippen LogP contribution in [0.3, 0.4) is 0 Å². The lowest BCUT2D eigenvalue weighted by molar-refractivity contribution is 0.469. The number of benzene rings is 3. The number of hydrogen-bond acceptors (Lipinski definition) is 1. The van der Waals surface area contributed by atoms with E-state index in [2.05, 4.69) is 63.0 Å². The number of aromatic hydroxyl groups is 1. The second-order valence-electron chi connectivity index (χ2n) is 5.08. The summed E-state index contributed by atoms with van der Waals surface area (Å²) in [5, 5.41) is 10.5. The summed E-state index contributed by atoms with van der Waals surface area (Å²) in [4.78, 5) is 0. The van der Waals surface area contributed by atoms with Crippen LogP contribution in [0, 0.1) is 6.92 Å². The van der Waals surface area contributed by atoms with E-state index < -0.39 is 0 Å². The van der Waals surface area contributed by atoms with Crippen molar-refractivity contribution in [1.29, 1.82) is 0 Å². The molecule has 3 aromatic rings. The molecule has 0 aliphatic carbocycles. The third kappa shape index (κ3) is 2.59. The molecule has 3 heteroatoms. The molecule has 0 radical (unpaired) electrons. The van der Waals surface area contributed by atoms with E-state index in [1.807, 2.05) is 36.4 Å². The zero-order chi connectivity index (χ0) is 15.7. The molecule has 3 aromatic carbocycles. The lowest BCUT2D eigenvalue weighted by Gasteiger charge is -2.18. The highest BCUT2D eigenvalue weighted by atomic mass is 79.9. The minimum absolute atomic E-state index is 0.225. The topological polar surface area (TPSA) is 20.2 Å². The van der Waals surface area contributed by atoms with Gasteiger partial charge in [0.1, 0.15) is 5.75 Å². The summed E-state index contributed by atoms with van der Waals surface area (Å²) in [6.45, 7) is 2.08. The van der Waals surface area contributed by atoms with E-state index >= 15 is 0 Å². The second kappa shape index (κ2) is 6.27. The molecule has 0 fully saturated rings. The maximum atomic E-state index is 10.5. The Kier molecular flexibility index (Phi) is 4.37. The van der Waals surface area contributed by atoms with Crippen molar-refractivity contribution in [3.63, 3.8) is 0 Å². The molecule has 3 rings (SSSR count). The predicted molar refractivity (Wildman–Crippen MR) is 99.1 cm³/mol. The van der Waals surface area contributed by atoms with E-state index in [1.165, 1.54) is 0 Å². The van der Waals surface area contributed by atoms with Crippen LogP contribution in [0.4, 0.5) is 0 Å². The van der Waals surface area contributed by atoms with Gasteiger partial charge in [-0.3, -0.25) is 0 Å². The Morgan fingerprint density at radius 3 is 1.41 bits per heavy atom. The minimum Gasteiger partial charge on any atom is -0.506 e. The first-order valence-corrected chi connectivity index (χ1v) is 8.51. The molecule has 0 unspecified atom stereocenters. The van der Waals surface area contributed by atoms with Crippen LogP contribution in [0.25, 0.3) is 22.3 Å². The first kappa shape index (κ1) is 15.3. The maximum absolute atomic E-state index is 10.5. The van der Waals surface area contributed by atoms with Crippen molar-refractivity contribution < 1.29 is 5.11 Å². The van der Waals surface area contributed by atoms with Gasteiger partial charge in [0, 0.05) is 11.1 Å². The van der Waals surface area contributed by atoms with Crippen molar-refractivity contribution in [2.75, 3.05) is 0 Å². The molecule has 22 heavy (non-hydrogen) atoms. The van der Waals surface area contributed by atoms with Gasteiger partial charge < -0.3 is 5.11 Å². The molecule has 0 aromatic heterocycles. The van der Waals surface area contributed by atoms with Crippen LogP contribution < -0.4 is 0 Å². The molecule has 1 nitrogen and oxygen atoms in total. The highest BCUT2D eigenvalue weighted by Crippen LogP contribution is 2.48. The lowest BCUT2D eigenvalue weighted by atomic mass is 9.92. The van der Waals surface area contributed by atoms with E-state index in [0.29, 0.717) is 8.95 Å². The molecule has 1 N–H and O–H groups in total. The second-order valence-corrected chi connectivity index (χ2v) is 6.67. The third-order valence-corrected chi connectivity index (χ3v) is 5.27. The zero-order valence-corrected chi connectivity index (χ0v) is 15.1. The first-order valence-electron chi connectivity index (χ1n) is 6.92. The Labute approximate surface area is 146 Å². The van der Waals surface area contributed by atoms with Crippen molar-refractivity contribution >= 4 is 31.9 Å². The fourth-order valence-electron chi connectivity index (χ4n) is 2.68. The first-order chi connectivity index (χ1) is 10.6. The van der Waals surface area contributed by atoms with Crippen molar-refractivity contribution in [2.45, 2.75) is 6.92 Å². The van der Waals surface area contributed by atoms with Crippen LogP contribution in [0.1, 0.15) is 5.56 Å². The summed E-state index contributed by atoms with van der Waals surface area (Å²) in [7, 11) is 0. The Morgan fingerprint density at radius 2 is 1.05 bits per heavy atom. The van der Waals surface area contributed by atoms with E-state index in [-0.39, 0.29) is 5.75 Å². The standard InChI is InChI=1S/C19H14Br2O/c1-12-15(13-8-4-2-5-9-13)17(20)19(22)18(21)16(12)14-10-6-3-7-11-14/h2-11,22H,1H3. The molecule has 0 saturated heterocycles. The normalized spacial score (nSPS) is 10.7. The van der Waals surface area contributed by atoms with Gasteiger partial charge in [-0.25, -0.2) is 0 Å². The van der Waals surface area contributed by atoms with Gasteiger partial charge in [0.15, 0.2) is 0 Å². The van der Waals surface area contributed by atoms with Crippen molar-refractivity contribution in [3.8, 4) is 28.0 Å². The Hall–Kier alpha value is -1.58. The zero-order valence-electron chi connectivity index (χ0n) is 12.0. The van der Waals surface area contributed by atoms with Crippen LogP contribution in [0.15, 0.2) is 69.6 Å². The van der Waals surface area contributed by atoms with Gasteiger partial charge in [-0.05, 0) is 55.5 Å². The van der Waals surface area contributed by atoms with Crippen LogP contribution in [0.2, 0.25) is 0 Å². The Bertz CT molecular complexity index is 745. The van der Waals surface area contributed by atoms with Gasteiger partial charge in [0.2, 0.25) is 0 Å². The molecule has 0 heterocycles. The average molecular weight is 418 g/mol. The number of phenolic OH excluding ortho intramolecular Hbond substituents is 1. The summed E-state index contributed by atoms with van der Waals surface area (Å²) >= 11 is 7.09. The van der Waals surface area contributed by atoms with Gasteiger partial charge in [0.05, 0.1) is 8.95 Å². The van der Waals surface area contributed by atoms with E-state index in [1.54, 1.807) is 0 Å². The fourth-order valence-corrected chi connectivity index (χ4v) is 4.40. The van der Waals surface area contributed by atoms with Gasteiger partial charge >= 0.3 is 0 Å². The van der Waals surface area contributed by atoms with Gasteiger partial charge in [-0.2, -0.15) is 0 Å². The van der Waals surface area contributed by atoms with Crippen molar-refractivity contribution in [1.82, 2.24) is 0 Å². The fraction of sp³-hybridized carbons (Fsp3) is 0.0526. The SMILES string of the molecule is Cc1c(-c2ccccc2)c(Br)c(O)c(Br)c1-c1ccccc1. The molecule has 110 valence electrons. The quantitative estimate of drug-likeness (QED) is 0.500. The largest absolute Gasteiger partial charge is 0.506 e. The summed E-state index contributed by atoms with van der Waals surface area (Å²) in [5.74, 6) is 0.225. The highest BCUT2D eigenvalue weighted by Gasteiger charge is 2.20. The number of phenols is 1. The minimum atomic E-state index is 0.225. The van der Waals surface area contributed by atoms with Crippen LogP contribution in [-0.2, 0) is 0 Å². The maximum Gasteiger partial charge on any atom is 0.145 e. The molecule has 0 spiro atoms. The third-order valence-electron chi connectivity index (χ3n) is 3.73. The number of rotatable bonds is 2. The molecule has 0 saturated carbocycles. The predicted octanol–water partition coefficient (Wildman–Crippen LogP) is 6.56. The van der Waals surface area contributed by atoms with Crippen LogP contribution in [0.5, 0.6) is 5.75 Å². The summed E-state index contributed by atoms with van der Waals surface area (Å²) in [6, 6.07) is 20.2. The monoisotopic (exact) mass is 416 g/mol. The summed E-state index contributed by atoms with van der Waals surface area (Å²) in [6.07, 6.45) is 0. The molecule has 0 amide bonds. The van der Waals surface area contributed by atoms with Gasteiger partial charge in [0.25, 0.3) is 0 Å². The molecule has 0 atom stereocenters. The highest BCUT2D eigenvalue weighted by molar-refractivity contribution is 9.11. The van der Waals surface area contributed by atoms with Gasteiger partial charge in [-0.15, -0.1) is 0 Å².